The molecule has 2 rings (SSSR count). The van der Waals surface area contributed by atoms with E-state index in [1.807, 2.05) is 19.1 Å². The lowest BCUT2D eigenvalue weighted by Gasteiger charge is -2.45. The molecule has 0 saturated heterocycles. The number of hydrogen-bond acceptors (Lipinski definition) is 2. The fraction of sp³-hybridized carbons (Fsp3) is 0.632. The molecule has 114 valence electrons. The van der Waals surface area contributed by atoms with Crippen LogP contribution in [0.4, 0.5) is 0 Å². The van der Waals surface area contributed by atoms with E-state index in [0.29, 0.717) is 5.92 Å². The van der Waals surface area contributed by atoms with Gasteiger partial charge in [0.05, 0.1) is 11.5 Å². The summed E-state index contributed by atoms with van der Waals surface area (Å²) in [5.41, 5.74) is 0.408. The van der Waals surface area contributed by atoms with Crippen molar-refractivity contribution in [3.63, 3.8) is 0 Å². The molecular weight excluding hydrogens is 258 g/mol. The van der Waals surface area contributed by atoms with Gasteiger partial charge in [-0.25, -0.2) is 0 Å². The number of nitrogens with zero attached hydrogens (tertiary/aromatic N) is 1. The van der Waals surface area contributed by atoms with E-state index < -0.39 is 11.0 Å². The van der Waals surface area contributed by atoms with Crippen LogP contribution in [0.5, 0.6) is 0 Å². The zero-order valence-electron chi connectivity index (χ0n) is 13.5. The molecule has 2 heteroatoms. The van der Waals surface area contributed by atoms with Gasteiger partial charge >= 0.3 is 0 Å². The number of benzene rings is 1. The maximum Gasteiger partial charge on any atom is 0.105 e. The molecule has 21 heavy (non-hydrogen) atoms. The zero-order valence-corrected chi connectivity index (χ0v) is 13.5. The highest BCUT2D eigenvalue weighted by Gasteiger charge is 2.50. The fourth-order valence-corrected chi connectivity index (χ4v) is 3.63. The average molecular weight is 285 g/mol. The van der Waals surface area contributed by atoms with Gasteiger partial charge < -0.3 is 5.11 Å². The lowest BCUT2D eigenvalue weighted by molar-refractivity contribution is -0.0698. The molecule has 0 amide bonds. The van der Waals surface area contributed by atoms with Crippen molar-refractivity contribution in [2.75, 3.05) is 0 Å². The maximum absolute atomic E-state index is 11.2. The Morgan fingerprint density at radius 3 is 2.24 bits per heavy atom. The topological polar surface area (TPSA) is 44.0 Å². The van der Waals surface area contributed by atoms with Gasteiger partial charge in [-0.1, -0.05) is 44.5 Å². The average Bonchev–Trinajstić information content (AvgIpc) is 2.54. The van der Waals surface area contributed by atoms with Gasteiger partial charge in [0, 0.05) is 0 Å². The van der Waals surface area contributed by atoms with Crippen LogP contribution in [0.1, 0.15) is 64.0 Å². The second-order valence-electron chi connectivity index (χ2n) is 6.67. The van der Waals surface area contributed by atoms with Crippen molar-refractivity contribution < 1.29 is 5.11 Å². The highest BCUT2D eigenvalue weighted by atomic mass is 16.3. The summed E-state index contributed by atoms with van der Waals surface area (Å²) < 4.78 is 0. The standard InChI is InChI=1S/C19H27NO/c1-4-15-6-8-17(9-7-15)18(3,21)19(14-20)12-10-16(5-2)11-13-19/h6-9,16,21H,4-5,10-13H2,1-3H3. The van der Waals surface area contributed by atoms with E-state index in [1.54, 1.807) is 0 Å². The second kappa shape index (κ2) is 6.20. The summed E-state index contributed by atoms with van der Waals surface area (Å²) in [4.78, 5) is 0. The van der Waals surface area contributed by atoms with Crippen LogP contribution in [0, 0.1) is 22.7 Å². The number of aryl methyl sites for hydroxylation is 1. The minimum Gasteiger partial charge on any atom is -0.384 e. The van der Waals surface area contributed by atoms with Crippen LogP contribution >= 0.6 is 0 Å². The van der Waals surface area contributed by atoms with Gasteiger partial charge in [-0.2, -0.15) is 5.26 Å². The van der Waals surface area contributed by atoms with E-state index in [-0.39, 0.29) is 0 Å². The first-order chi connectivity index (χ1) is 9.99. The highest BCUT2D eigenvalue weighted by molar-refractivity contribution is 5.31. The van der Waals surface area contributed by atoms with E-state index >= 15 is 0 Å². The van der Waals surface area contributed by atoms with Gasteiger partial charge in [-0.15, -0.1) is 0 Å². The van der Waals surface area contributed by atoms with Crippen LogP contribution in [-0.4, -0.2) is 5.11 Å². The molecule has 1 unspecified atom stereocenters. The molecule has 1 N–H and O–H groups in total. The first-order valence-corrected chi connectivity index (χ1v) is 8.22. The Morgan fingerprint density at radius 2 is 1.81 bits per heavy atom. The minimum atomic E-state index is -1.08. The lowest BCUT2D eigenvalue weighted by atomic mass is 9.60. The molecule has 0 radical (unpaired) electrons. The normalized spacial score (nSPS) is 28.6. The third kappa shape index (κ3) is 2.85. The zero-order chi connectivity index (χ0) is 15.5. The Morgan fingerprint density at radius 1 is 1.24 bits per heavy atom. The van der Waals surface area contributed by atoms with E-state index in [0.717, 1.165) is 37.7 Å². The summed E-state index contributed by atoms with van der Waals surface area (Å²) >= 11 is 0. The summed E-state index contributed by atoms with van der Waals surface area (Å²) in [6, 6.07) is 10.6. The fourth-order valence-electron chi connectivity index (χ4n) is 3.63. The molecule has 1 aromatic carbocycles. The molecule has 0 aliphatic heterocycles. The van der Waals surface area contributed by atoms with E-state index in [4.69, 9.17) is 0 Å². The van der Waals surface area contributed by atoms with Crippen LogP contribution in [0.25, 0.3) is 0 Å². The first kappa shape index (κ1) is 16.0. The smallest absolute Gasteiger partial charge is 0.105 e. The predicted octanol–water partition coefficient (Wildman–Crippen LogP) is 4.57. The van der Waals surface area contributed by atoms with Crippen molar-refractivity contribution in [2.24, 2.45) is 11.3 Å². The molecule has 1 aliphatic carbocycles. The summed E-state index contributed by atoms with van der Waals surface area (Å²) in [5.74, 6) is 0.713. The van der Waals surface area contributed by atoms with Crippen LogP contribution in [-0.2, 0) is 12.0 Å². The summed E-state index contributed by atoms with van der Waals surface area (Å²) in [6.45, 7) is 6.16. The van der Waals surface area contributed by atoms with Gasteiger partial charge in [0.2, 0.25) is 0 Å². The SMILES string of the molecule is CCc1ccc(C(C)(O)C2(C#N)CCC(CC)CC2)cc1. The predicted molar refractivity (Wildman–Crippen MR) is 85.7 cm³/mol. The van der Waals surface area contributed by atoms with Crippen molar-refractivity contribution in [1.82, 2.24) is 0 Å². The van der Waals surface area contributed by atoms with Crippen molar-refractivity contribution in [3.8, 4) is 6.07 Å². The first-order valence-electron chi connectivity index (χ1n) is 8.22. The Balaban J connectivity index is 2.29. The molecule has 2 nitrogen and oxygen atoms in total. The molecule has 1 atom stereocenters. The summed E-state index contributed by atoms with van der Waals surface area (Å²) in [6.07, 6.45) is 5.86. The van der Waals surface area contributed by atoms with Crippen molar-refractivity contribution in [3.05, 3.63) is 35.4 Å². The highest BCUT2D eigenvalue weighted by Crippen LogP contribution is 2.51. The molecule has 1 fully saturated rings. The molecule has 1 aliphatic rings. The largest absolute Gasteiger partial charge is 0.384 e. The van der Waals surface area contributed by atoms with Crippen molar-refractivity contribution >= 4 is 0 Å². The molecule has 1 saturated carbocycles. The van der Waals surface area contributed by atoms with E-state index in [1.165, 1.54) is 12.0 Å². The Bertz CT molecular complexity index is 501. The molecule has 0 bridgehead atoms. The molecule has 1 aromatic rings. The maximum atomic E-state index is 11.2. The number of aliphatic hydroxyl groups is 1. The second-order valence-corrected chi connectivity index (χ2v) is 6.67. The summed E-state index contributed by atoms with van der Waals surface area (Å²) in [5, 5.41) is 20.9. The van der Waals surface area contributed by atoms with Crippen LogP contribution in [0.3, 0.4) is 0 Å². The monoisotopic (exact) mass is 285 g/mol. The number of nitriles is 1. The Labute approximate surface area is 128 Å². The summed E-state index contributed by atoms with van der Waals surface area (Å²) in [7, 11) is 0. The Kier molecular flexibility index (Phi) is 4.74. The number of rotatable bonds is 4. The van der Waals surface area contributed by atoms with Gasteiger partial charge in [0.15, 0.2) is 0 Å². The number of hydrogen-bond donors (Lipinski definition) is 1. The van der Waals surface area contributed by atoms with E-state index in [9.17, 15) is 10.4 Å². The third-order valence-corrected chi connectivity index (χ3v) is 5.61. The van der Waals surface area contributed by atoms with Crippen LogP contribution in [0.2, 0.25) is 0 Å². The third-order valence-electron chi connectivity index (χ3n) is 5.61. The molecule has 0 spiro atoms. The molecule has 0 heterocycles. The van der Waals surface area contributed by atoms with E-state index in [2.05, 4.69) is 32.0 Å². The quantitative estimate of drug-likeness (QED) is 0.881. The van der Waals surface area contributed by atoms with Gasteiger partial charge in [-0.3, -0.25) is 0 Å². The van der Waals surface area contributed by atoms with Crippen molar-refractivity contribution in [2.45, 2.75) is 64.9 Å². The van der Waals surface area contributed by atoms with Gasteiger partial charge in [-0.05, 0) is 56.1 Å². The van der Waals surface area contributed by atoms with Gasteiger partial charge in [0.1, 0.15) is 5.60 Å². The van der Waals surface area contributed by atoms with Gasteiger partial charge in [0.25, 0.3) is 0 Å². The minimum absolute atomic E-state index is 0.646. The van der Waals surface area contributed by atoms with Crippen molar-refractivity contribution in [1.29, 1.82) is 5.26 Å². The molecular formula is C19H27NO. The Hall–Kier alpha value is -1.33. The van der Waals surface area contributed by atoms with Crippen LogP contribution < -0.4 is 0 Å². The lowest BCUT2D eigenvalue weighted by Crippen LogP contribution is -2.45. The van der Waals surface area contributed by atoms with Crippen LogP contribution in [0.15, 0.2) is 24.3 Å². The molecule has 0 aromatic heterocycles.